The molecule has 0 amide bonds. The number of ether oxygens (including phenoxy) is 2. The van der Waals surface area contributed by atoms with Crippen molar-refractivity contribution in [2.24, 2.45) is 5.41 Å². The van der Waals surface area contributed by atoms with Crippen LogP contribution in [0.5, 0.6) is 5.88 Å². The van der Waals surface area contributed by atoms with Gasteiger partial charge in [-0.3, -0.25) is 4.79 Å². The molecule has 2 radical (unpaired) electrons. The van der Waals surface area contributed by atoms with E-state index in [4.69, 9.17) is 15.2 Å². The second-order valence-corrected chi connectivity index (χ2v) is 9.77. The van der Waals surface area contributed by atoms with Crippen LogP contribution in [0.1, 0.15) is 40.0 Å². The van der Waals surface area contributed by atoms with E-state index in [1.165, 1.54) is 6.07 Å². The van der Waals surface area contributed by atoms with Crippen LogP contribution >= 0.6 is 0 Å². The number of nitrogen functional groups attached to an aromatic ring is 1. The molecule has 2 aliphatic heterocycles. The van der Waals surface area contributed by atoms with E-state index < -0.39 is 16.7 Å². The lowest BCUT2D eigenvalue weighted by molar-refractivity contribution is -0.170. The van der Waals surface area contributed by atoms with E-state index in [2.05, 4.69) is 15.3 Å². The summed E-state index contributed by atoms with van der Waals surface area (Å²) in [5.74, 6) is -0.201. The highest BCUT2D eigenvalue weighted by molar-refractivity contribution is 6.11. The molecule has 0 aliphatic carbocycles. The molecule has 3 N–H and O–H groups in total. The Kier molecular flexibility index (Phi) is 6.66. The average Bonchev–Trinajstić information content (AvgIpc) is 3.03. The number of esters is 1. The van der Waals surface area contributed by atoms with Crippen LogP contribution in [-0.4, -0.2) is 74.6 Å². The Morgan fingerprint density at radius 3 is 2.55 bits per heavy atom. The third kappa shape index (κ3) is 6.14. The second kappa shape index (κ2) is 8.64. The van der Waals surface area contributed by atoms with Gasteiger partial charge in [0.1, 0.15) is 22.4 Å². The number of alkyl halides is 3. The Bertz CT molecular complexity index is 810. The van der Waals surface area contributed by atoms with Gasteiger partial charge in [0, 0.05) is 25.7 Å². The van der Waals surface area contributed by atoms with Gasteiger partial charge in [0.05, 0.1) is 0 Å². The number of hydrogen-bond donors (Lipinski definition) is 2. The molecule has 31 heavy (non-hydrogen) atoms. The molecule has 170 valence electrons. The van der Waals surface area contributed by atoms with Gasteiger partial charge in [-0.2, -0.15) is 23.1 Å². The van der Waals surface area contributed by atoms with Crippen molar-refractivity contribution in [3.8, 4) is 5.88 Å². The predicted octanol–water partition coefficient (Wildman–Crippen LogP) is 1.78. The minimum absolute atomic E-state index is 0.0303. The Hall–Kier alpha value is -1.77. The molecule has 1 spiro atoms. The number of halogens is 3. The molecule has 0 aromatic carbocycles. The maximum Gasteiger partial charge on any atom is 0.408 e. The van der Waals surface area contributed by atoms with E-state index in [9.17, 15) is 18.0 Å². The third-order valence-corrected chi connectivity index (χ3v) is 5.99. The number of nitrogens with two attached hydrogens (primary N) is 1. The molecular formula is C19H27AlF3N5O3. The number of rotatable bonds is 4. The fraction of sp³-hybridized carbons (Fsp3) is 0.737. The topological polar surface area (TPSA) is 103 Å². The van der Waals surface area contributed by atoms with Crippen molar-refractivity contribution in [1.82, 2.24) is 15.3 Å². The zero-order valence-electron chi connectivity index (χ0n) is 17.8. The fourth-order valence-electron chi connectivity index (χ4n) is 3.90. The standard InChI is InChI=1S/C19H27F3N5O3.Al/c1-17(2,3)30-15(28)12-9-18(10-24-12)4-6-27(7-5-18)13-8-14(26-16(23)25-13)29-11-19(20,21)22;/h8,11-12,24H,4-7,9-10H2,1-3H3,(H2,23,25,26);/t12-;/m0./s1. The minimum atomic E-state index is -4.54. The monoisotopic (exact) mass is 457 g/mol. The number of carbonyl (C=O) groups is 1. The number of piperidine rings is 1. The Morgan fingerprint density at radius 2 is 1.97 bits per heavy atom. The third-order valence-electron chi connectivity index (χ3n) is 5.48. The summed E-state index contributed by atoms with van der Waals surface area (Å²) in [5.41, 5.74) is 5.12. The van der Waals surface area contributed by atoms with E-state index in [-0.39, 0.29) is 29.3 Å². The van der Waals surface area contributed by atoms with E-state index >= 15 is 0 Å². The smallest absolute Gasteiger partial charge is 0.408 e. The maximum absolute atomic E-state index is 12.8. The zero-order chi connectivity index (χ0) is 23.0. The van der Waals surface area contributed by atoms with Crippen molar-refractivity contribution in [1.29, 1.82) is 0 Å². The van der Waals surface area contributed by atoms with E-state index in [0.29, 0.717) is 31.9 Å². The molecule has 2 saturated heterocycles. The second-order valence-electron chi connectivity index (χ2n) is 9.16. The van der Waals surface area contributed by atoms with Crippen molar-refractivity contribution in [3.05, 3.63) is 6.07 Å². The molecule has 2 fully saturated rings. The van der Waals surface area contributed by atoms with Gasteiger partial charge < -0.3 is 25.4 Å². The van der Waals surface area contributed by atoms with E-state index in [1.54, 1.807) is 16.3 Å². The summed E-state index contributed by atoms with van der Waals surface area (Å²) < 4.78 is 48.7. The van der Waals surface area contributed by atoms with Crippen LogP contribution in [0.15, 0.2) is 6.07 Å². The highest BCUT2D eigenvalue weighted by Gasteiger charge is 2.45. The number of anilines is 2. The molecule has 0 saturated carbocycles. The number of hydrogen-bond acceptors (Lipinski definition) is 8. The van der Waals surface area contributed by atoms with Crippen LogP contribution in [-0.2, 0) is 9.53 Å². The molecule has 0 bridgehead atoms. The van der Waals surface area contributed by atoms with Gasteiger partial charge in [-0.15, -0.1) is 0 Å². The summed E-state index contributed by atoms with van der Waals surface area (Å²) in [5, 5.41) is 3.28. The van der Waals surface area contributed by atoms with Crippen LogP contribution in [0.4, 0.5) is 24.9 Å². The molecule has 2 atom stereocenters. The van der Waals surface area contributed by atoms with Gasteiger partial charge in [-0.25, -0.2) is 0 Å². The Balaban J connectivity index is 1.62. The van der Waals surface area contributed by atoms with Crippen LogP contribution in [0, 0.1) is 5.41 Å². The van der Waals surface area contributed by atoms with Crippen molar-refractivity contribution < 1.29 is 27.4 Å². The first kappa shape index (κ1) is 23.9. The summed E-state index contributed by atoms with van der Waals surface area (Å²) in [6.45, 7) is 7.49. The molecule has 1 aromatic heterocycles. The Morgan fingerprint density at radius 1 is 1.32 bits per heavy atom. The zero-order valence-corrected chi connectivity index (χ0v) is 19.0. The maximum atomic E-state index is 12.8. The summed E-state index contributed by atoms with van der Waals surface area (Å²) in [6.07, 6.45) is -2.25. The van der Waals surface area contributed by atoms with E-state index in [1.807, 2.05) is 25.7 Å². The molecule has 2 aliphatic rings. The first-order valence-electron chi connectivity index (χ1n) is 10.1. The largest absolute Gasteiger partial charge is 0.484 e. The first-order valence-corrected chi connectivity index (χ1v) is 10.8. The first-order chi connectivity index (χ1) is 14.3. The number of aromatic nitrogens is 2. The minimum Gasteiger partial charge on any atom is -0.484 e. The molecule has 3 rings (SSSR count). The fourth-order valence-corrected chi connectivity index (χ4v) is 4.04. The number of nitrogens with one attached hydrogen (secondary N) is 1. The number of carbonyl (C=O) groups excluding carboxylic acids is 1. The highest BCUT2D eigenvalue weighted by Crippen LogP contribution is 2.41. The summed E-state index contributed by atoms with van der Waals surface area (Å²) in [6, 6.07) is 1.04. The van der Waals surface area contributed by atoms with Gasteiger partial charge >= 0.3 is 12.1 Å². The van der Waals surface area contributed by atoms with Gasteiger partial charge in [-0.05, 0) is 45.4 Å². The van der Waals surface area contributed by atoms with Gasteiger partial charge in [-0.1, -0.05) is 0 Å². The lowest BCUT2D eigenvalue weighted by atomic mass is 9.76. The molecule has 12 heteroatoms. The van der Waals surface area contributed by atoms with Crippen LogP contribution in [0.25, 0.3) is 0 Å². The average molecular weight is 457 g/mol. The van der Waals surface area contributed by atoms with E-state index in [0.717, 1.165) is 12.8 Å². The molecule has 1 aromatic rings. The molecule has 8 nitrogen and oxygen atoms in total. The van der Waals surface area contributed by atoms with Crippen LogP contribution < -0.4 is 20.7 Å². The van der Waals surface area contributed by atoms with Crippen LogP contribution in [0.3, 0.4) is 0 Å². The van der Waals surface area contributed by atoms with Crippen molar-refractivity contribution in [2.75, 3.05) is 30.3 Å². The number of nitrogens with zero attached hydrogens (tertiary/aromatic N) is 3. The summed E-state index contributed by atoms with van der Waals surface area (Å²) in [7, 11) is 0. The quantitative estimate of drug-likeness (QED) is 0.521. The molecular weight excluding hydrogens is 430 g/mol. The van der Waals surface area contributed by atoms with Crippen molar-refractivity contribution in [3.63, 3.8) is 0 Å². The lowest BCUT2D eigenvalue weighted by Crippen LogP contribution is -2.41. The van der Waals surface area contributed by atoms with Crippen molar-refractivity contribution in [2.45, 2.75) is 62.8 Å². The van der Waals surface area contributed by atoms with Crippen LogP contribution in [0.2, 0.25) is 0 Å². The van der Waals surface area contributed by atoms with Gasteiger partial charge in [0.15, 0.2) is 0 Å². The predicted molar refractivity (Wildman–Crippen MR) is 109 cm³/mol. The highest BCUT2D eigenvalue weighted by atomic mass is 27.0. The lowest BCUT2D eigenvalue weighted by Gasteiger charge is -2.39. The molecule has 0 unspecified atom stereocenters. The summed E-state index contributed by atoms with van der Waals surface area (Å²) >= 11 is 1.60. The SMILES string of the molecule is CC(C)(C)OC(=O)[C@@H]1CC2(CCN(c3cc(O[C@H]([Al])C(F)(F)F)nc(N)n3)CC2)CN1. The van der Waals surface area contributed by atoms with Gasteiger partial charge in [0.25, 0.3) is 0 Å². The van der Waals surface area contributed by atoms with Gasteiger partial charge in [0.2, 0.25) is 28.1 Å². The Labute approximate surface area is 187 Å². The normalized spacial score (nSPS) is 22.4. The molecule has 3 heterocycles. The summed E-state index contributed by atoms with van der Waals surface area (Å²) in [4.78, 5) is 20.2. The van der Waals surface area contributed by atoms with Crippen molar-refractivity contribution >= 4 is 34.0 Å².